The molecule has 1 aromatic heterocycles. The summed E-state index contributed by atoms with van der Waals surface area (Å²) in [5.74, 6) is 0.772. The van der Waals surface area contributed by atoms with E-state index in [4.69, 9.17) is 9.47 Å². The molecule has 3 aromatic rings. The Balaban J connectivity index is 1.26. The first-order valence-electron chi connectivity index (χ1n) is 10.9. The number of amides is 1. The first kappa shape index (κ1) is 19.8. The number of piperidine rings is 1. The van der Waals surface area contributed by atoms with Gasteiger partial charge in [0.25, 0.3) is 0 Å². The first-order chi connectivity index (χ1) is 15.2. The Morgan fingerprint density at radius 3 is 2.68 bits per heavy atom. The molecule has 0 saturated carbocycles. The summed E-state index contributed by atoms with van der Waals surface area (Å²) in [5, 5.41) is 0.971. The molecule has 3 heterocycles. The van der Waals surface area contributed by atoms with Crippen LogP contribution in [0.3, 0.4) is 0 Å². The lowest BCUT2D eigenvalue weighted by Gasteiger charge is -2.35. The molecule has 1 amide bonds. The maximum Gasteiger partial charge on any atom is 0.410 e. The van der Waals surface area contributed by atoms with E-state index in [0.717, 1.165) is 54.7 Å². The Morgan fingerprint density at radius 1 is 1.10 bits per heavy atom. The molecule has 5 rings (SSSR count). The van der Waals surface area contributed by atoms with Gasteiger partial charge in [-0.25, -0.2) is 4.79 Å². The van der Waals surface area contributed by atoms with Crippen molar-refractivity contribution in [2.24, 2.45) is 0 Å². The van der Waals surface area contributed by atoms with E-state index in [-0.39, 0.29) is 18.2 Å². The number of benzene rings is 2. The number of likely N-dealkylation sites (tertiary alicyclic amines) is 1. The second-order valence-electron chi connectivity index (χ2n) is 8.30. The van der Waals surface area contributed by atoms with Crippen LogP contribution < -0.4 is 4.74 Å². The van der Waals surface area contributed by atoms with Gasteiger partial charge in [-0.15, -0.1) is 0 Å². The molecule has 0 radical (unpaired) electrons. The standard InChI is InChI=1S/C25H27N3O3/c1-30-20-7-8-23-22(15-20)21(9-12-26-23)24-17-28(25(29)31-24)19-10-13-27(14-11-19)16-18-5-3-2-4-6-18/h2-9,12,15,19,24H,10-11,13-14,16-17H2,1H3. The summed E-state index contributed by atoms with van der Waals surface area (Å²) < 4.78 is 11.2. The molecule has 2 fully saturated rings. The lowest BCUT2D eigenvalue weighted by Crippen LogP contribution is -2.45. The number of cyclic esters (lactones) is 1. The molecular formula is C25H27N3O3. The van der Waals surface area contributed by atoms with Crippen LogP contribution in [0.25, 0.3) is 10.9 Å². The zero-order chi connectivity index (χ0) is 21.2. The van der Waals surface area contributed by atoms with Crippen molar-refractivity contribution in [3.63, 3.8) is 0 Å². The number of methoxy groups -OCH3 is 1. The van der Waals surface area contributed by atoms with Crippen molar-refractivity contribution in [2.75, 3.05) is 26.7 Å². The number of hydrogen-bond donors (Lipinski definition) is 0. The third kappa shape index (κ3) is 4.08. The highest BCUT2D eigenvalue weighted by molar-refractivity contribution is 5.84. The first-order valence-corrected chi connectivity index (χ1v) is 10.9. The summed E-state index contributed by atoms with van der Waals surface area (Å²) in [6.45, 7) is 3.52. The van der Waals surface area contributed by atoms with E-state index in [2.05, 4.69) is 34.1 Å². The van der Waals surface area contributed by atoms with Crippen LogP contribution in [0.1, 0.15) is 30.1 Å². The maximum absolute atomic E-state index is 12.7. The van der Waals surface area contributed by atoms with Gasteiger partial charge in [0.05, 0.1) is 19.2 Å². The molecule has 6 nitrogen and oxygen atoms in total. The molecule has 1 atom stereocenters. The number of fused-ring (bicyclic) bond motifs is 1. The van der Waals surface area contributed by atoms with Crippen molar-refractivity contribution in [1.82, 2.24) is 14.8 Å². The third-order valence-corrected chi connectivity index (χ3v) is 6.42. The number of pyridine rings is 1. The summed E-state index contributed by atoms with van der Waals surface area (Å²) >= 11 is 0. The Bertz CT molecular complexity index is 1060. The van der Waals surface area contributed by atoms with Gasteiger partial charge >= 0.3 is 6.09 Å². The number of carbonyl (C=O) groups excluding carboxylic acids is 1. The van der Waals surface area contributed by atoms with Crippen LogP contribution in [-0.4, -0.2) is 53.7 Å². The van der Waals surface area contributed by atoms with Crippen molar-refractivity contribution in [3.8, 4) is 5.75 Å². The number of nitrogens with zero attached hydrogens (tertiary/aromatic N) is 3. The van der Waals surface area contributed by atoms with Crippen molar-refractivity contribution >= 4 is 17.0 Å². The van der Waals surface area contributed by atoms with Crippen LogP contribution in [0.2, 0.25) is 0 Å². The molecule has 0 aliphatic carbocycles. The second-order valence-corrected chi connectivity index (χ2v) is 8.30. The molecule has 0 spiro atoms. The van der Waals surface area contributed by atoms with Crippen LogP contribution in [0, 0.1) is 0 Å². The van der Waals surface area contributed by atoms with Crippen LogP contribution >= 0.6 is 0 Å². The molecule has 6 heteroatoms. The van der Waals surface area contributed by atoms with Gasteiger partial charge in [0.15, 0.2) is 0 Å². The van der Waals surface area contributed by atoms with E-state index in [1.807, 2.05) is 35.2 Å². The van der Waals surface area contributed by atoms with Crippen molar-refractivity contribution in [3.05, 3.63) is 71.9 Å². The van der Waals surface area contributed by atoms with Crippen molar-refractivity contribution in [2.45, 2.75) is 31.5 Å². The predicted molar refractivity (Wildman–Crippen MR) is 119 cm³/mol. The smallest absolute Gasteiger partial charge is 0.410 e. The number of hydrogen-bond acceptors (Lipinski definition) is 5. The highest BCUT2D eigenvalue weighted by Crippen LogP contribution is 2.34. The fraction of sp³-hybridized carbons (Fsp3) is 0.360. The minimum atomic E-state index is -0.285. The van der Waals surface area contributed by atoms with Gasteiger partial charge < -0.3 is 14.4 Å². The van der Waals surface area contributed by atoms with E-state index >= 15 is 0 Å². The number of rotatable bonds is 5. The lowest BCUT2D eigenvalue weighted by atomic mass is 10.0. The topological polar surface area (TPSA) is 54.9 Å². The Hall–Kier alpha value is -3.12. The van der Waals surface area contributed by atoms with Gasteiger partial charge in [-0.05, 0) is 42.7 Å². The highest BCUT2D eigenvalue weighted by atomic mass is 16.6. The van der Waals surface area contributed by atoms with Gasteiger partial charge in [-0.3, -0.25) is 9.88 Å². The van der Waals surface area contributed by atoms with Crippen LogP contribution in [-0.2, 0) is 11.3 Å². The van der Waals surface area contributed by atoms with Crippen LogP contribution in [0.15, 0.2) is 60.8 Å². The van der Waals surface area contributed by atoms with Gasteiger partial charge in [-0.2, -0.15) is 0 Å². The van der Waals surface area contributed by atoms with E-state index in [1.165, 1.54) is 5.56 Å². The van der Waals surface area contributed by atoms with Gasteiger partial charge in [0.2, 0.25) is 0 Å². The molecule has 2 aromatic carbocycles. The molecule has 0 bridgehead atoms. The molecule has 1 unspecified atom stereocenters. The lowest BCUT2D eigenvalue weighted by molar-refractivity contribution is 0.110. The molecule has 2 aliphatic rings. The Labute approximate surface area is 182 Å². The summed E-state index contributed by atoms with van der Waals surface area (Å²) in [5.41, 5.74) is 3.20. The highest BCUT2D eigenvalue weighted by Gasteiger charge is 2.38. The summed E-state index contributed by atoms with van der Waals surface area (Å²) in [4.78, 5) is 21.6. The van der Waals surface area contributed by atoms with Crippen molar-refractivity contribution in [1.29, 1.82) is 0 Å². The molecular weight excluding hydrogens is 390 g/mol. The van der Waals surface area contributed by atoms with Crippen LogP contribution in [0.5, 0.6) is 5.75 Å². The fourth-order valence-electron chi connectivity index (χ4n) is 4.72. The Kier molecular flexibility index (Phi) is 5.47. The largest absolute Gasteiger partial charge is 0.497 e. The van der Waals surface area contributed by atoms with Gasteiger partial charge in [-0.1, -0.05) is 30.3 Å². The molecule has 160 valence electrons. The molecule has 2 saturated heterocycles. The number of aromatic nitrogens is 1. The molecule has 31 heavy (non-hydrogen) atoms. The summed E-state index contributed by atoms with van der Waals surface area (Å²) in [6.07, 6.45) is 3.23. The van der Waals surface area contributed by atoms with E-state index < -0.39 is 0 Å². The normalized spacial score (nSPS) is 20.2. The van der Waals surface area contributed by atoms with E-state index in [9.17, 15) is 4.79 Å². The maximum atomic E-state index is 12.7. The minimum absolute atomic E-state index is 0.209. The van der Waals surface area contributed by atoms with Crippen LogP contribution in [0.4, 0.5) is 4.79 Å². The molecule has 2 aliphatic heterocycles. The fourth-order valence-corrected chi connectivity index (χ4v) is 4.72. The quantitative estimate of drug-likeness (QED) is 0.616. The third-order valence-electron chi connectivity index (χ3n) is 6.42. The molecule has 0 N–H and O–H groups in total. The van der Waals surface area contributed by atoms with E-state index in [0.29, 0.717) is 6.54 Å². The zero-order valence-corrected chi connectivity index (χ0v) is 17.7. The number of carbonyl (C=O) groups is 1. The van der Waals surface area contributed by atoms with Gasteiger partial charge in [0, 0.05) is 42.8 Å². The minimum Gasteiger partial charge on any atom is -0.497 e. The monoisotopic (exact) mass is 417 g/mol. The predicted octanol–water partition coefficient (Wildman–Crippen LogP) is 4.40. The summed E-state index contributed by atoms with van der Waals surface area (Å²) in [6, 6.07) is 18.5. The average Bonchev–Trinajstić information content (AvgIpc) is 3.21. The van der Waals surface area contributed by atoms with Gasteiger partial charge in [0.1, 0.15) is 11.9 Å². The average molecular weight is 418 g/mol. The summed E-state index contributed by atoms with van der Waals surface area (Å²) in [7, 11) is 1.65. The Morgan fingerprint density at radius 2 is 1.90 bits per heavy atom. The van der Waals surface area contributed by atoms with E-state index in [1.54, 1.807) is 13.3 Å². The SMILES string of the molecule is COc1ccc2nccc(C3CN(C4CCN(Cc5ccccc5)CC4)C(=O)O3)c2c1. The van der Waals surface area contributed by atoms with Crippen molar-refractivity contribution < 1.29 is 14.3 Å². The second kappa shape index (κ2) is 8.55. The number of ether oxygens (including phenoxy) is 2. The zero-order valence-electron chi connectivity index (χ0n) is 17.7.